The van der Waals surface area contributed by atoms with Gasteiger partial charge in [0.2, 0.25) is 5.89 Å². The zero-order valence-corrected chi connectivity index (χ0v) is 20.0. The van der Waals surface area contributed by atoms with Crippen molar-refractivity contribution >= 4 is 5.97 Å². The summed E-state index contributed by atoms with van der Waals surface area (Å²) in [6, 6.07) is 10.6. The fraction of sp³-hybridized carbons (Fsp3) is 0.429. The molecule has 1 aromatic carbocycles. The van der Waals surface area contributed by atoms with E-state index in [0.29, 0.717) is 35.7 Å². The van der Waals surface area contributed by atoms with Crippen molar-refractivity contribution < 1.29 is 18.4 Å². The topological polar surface area (TPSA) is 52.3 Å². The second-order valence-corrected chi connectivity index (χ2v) is 9.47. The molecule has 1 heterocycles. The lowest BCUT2D eigenvalue weighted by molar-refractivity contribution is -0.904. The van der Waals surface area contributed by atoms with Gasteiger partial charge in [-0.2, -0.15) is 0 Å². The Bertz CT molecular complexity index is 953. The fourth-order valence-corrected chi connectivity index (χ4v) is 4.60. The fourth-order valence-electron chi connectivity index (χ4n) is 4.60. The van der Waals surface area contributed by atoms with Gasteiger partial charge in [0.1, 0.15) is 19.7 Å². The average molecular weight is 450 g/mol. The predicted octanol–water partition coefficient (Wildman–Crippen LogP) is 5.80. The third-order valence-electron chi connectivity index (χ3n) is 6.38. The molecule has 1 fully saturated rings. The molecule has 2 aromatic rings. The molecule has 1 unspecified atom stereocenters. The number of likely N-dealkylation sites (N-methyl/N-ethyl adjacent to an activating group) is 1. The molecule has 0 spiro atoms. The maximum absolute atomic E-state index is 12.1. The van der Waals surface area contributed by atoms with E-state index in [0.717, 1.165) is 11.7 Å². The summed E-state index contributed by atoms with van der Waals surface area (Å²) in [5.41, 5.74) is 1.69. The van der Waals surface area contributed by atoms with Gasteiger partial charge in [0.15, 0.2) is 5.76 Å². The number of allylic oxidation sites excluding steroid dienone is 2. The van der Waals surface area contributed by atoms with E-state index in [2.05, 4.69) is 57.6 Å². The number of rotatable bonds is 11. The Morgan fingerprint density at radius 1 is 1.21 bits per heavy atom. The number of quaternary nitrogens is 1. The molecule has 0 saturated heterocycles. The molecule has 1 saturated carbocycles. The zero-order chi connectivity index (χ0) is 23.7. The maximum atomic E-state index is 12.1. The minimum Gasteiger partial charge on any atom is -0.456 e. The molecule has 5 nitrogen and oxygen atoms in total. The molecule has 1 atom stereocenters. The van der Waals surface area contributed by atoms with Crippen LogP contribution >= 0.6 is 0 Å². The molecular weight excluding hydrogens is 412 g/mol. The molecule has 3 rings (SSSR count). The van der Waals surface area contributed by atoms with Crippen LogP contribution in [-0.4, -0.2) is 42.7 Å². The number of aromatic nitrogens is 1. The summed E-state index contributed by atoms with van der Waals surface area (Å²) >= 11 is 0. The van der Waals surface area contributed by atoms with E-state index in [1.54, 1.807) is 12.2 Å². The summed E-state index contributed by atoms with van der Waals surface area (Å²) in [7, 11) is 4.19. The van der Waals surface area contributed by atoms with E-state index in [1.165, 1.54) is 43.7 Å². The molecule has 0 radical (unpaired) electrons. The molecule has 0 amide bonds. The first-order chi connectivity index (χ1) is 15.9. The highest BCUT2D eigenvalue weighted by Gasteiger charge is 2.31. The minimum atomic E-state index is -0.384. The first-order valence-electron chi connectivity index (χ1n) is 11.9. The van der Waals surface area contributed by atoms with Gasteiger partial charge in [-0.3, -0.25) is 0 Å². The van der Waals surface area contributed by atoms with Gasteiger partial charge in [-0.1, -0.05) is 74.9 Å². The molecule has 1 aromatic heterocycles. The van der Waals surface area contributed by atoms with E-state index >= 15 is 0 Å². The van der Waals surface area contributed by atoms with Crippen LogP contribution < -0.4 is 0 Å². The van der Waals surface area contributed by atoms with Crippen molar-refractivity contribution in [2.75, 3.05) is 27.2 Å². The van der Waals surface area contributed by atoms with Gasteiger partial charge < -0.3 is 13.6 Å². The molecule has 176 valence electrons. The quantitative estimate of drug-likeness (QED) is 0.188. The number of hydrogen-bond donors (Lipinski definition) is 0. The van der Waals surface area contributed by atoms with Crippen LogP contribution in [0.25, 0.3) is 0 Å². The molecule has 0 aliphatic heterocycles. The standard InChI is InChI=1S/C28H37N2O3/c1-5-13-22(6-2)28(31)32-19-18-30(3,4)21-25-20-29-27(33-25)26(23-14-9-7-10-15-23)24-16-11-8-12-17-24/h5-7,9-10,13-15,20,24,26H,1-2,8,11-12,16-19,21H2,3-4H3/q+1/b22-13+. The number of ether oxygens (including phenoxy) is 1. The Morgan fingerprint density at radius 2 is 1.94 bits per heavy atom. The monoisotopic (exact) mass is 449 g/mol. The van der Waals surface area contributed by atoms with Crippen LogP contribution in [0.4, 0.5) is 0 Å². The Morgan fingerprint density at radius 3 is 2.61 bits per heavy atom. The summed E-state index contributed by atoms with van der Waals surface area (Å²) in [5, 5.41) is 0. The number of oxazole rings is 1. The molecule has 0 N–H and O–H groups in total. The van der Waals surface area contributed by atoms with Crippen LogP contribution in [0.5, 0.6) is 0 Å². The first kappa shape index (κ1) is 24.7. The van der Waals surface area contributed by atoms with Gasteiger partial charge in [-0.25, -0.2) is 9.78 Å². The van der Waals surface area contributed by atoms with Crippen LogP contribution in [-0.2, 0) is 16.1 Å². The Balaban J connectivity index is 1.65. The van der Waals surface area contributed by atoms with Crippen LogP contribution in [0.1, 0.15) is 55.2 Å². The summed E-state index contributed by atoms with van der Waals surface area (Å²) < 4.78 is 12.4. The Labute approximate surface area is 198 Å². The van der Waals surface area contributed by atoms with Crippen molar-refractivity contribution in [3.63, 3.8) is 0 Å². The number of nitrogens with zero attached hydrogens (tertiary/aromatic N) is 2. The van der Waals surface area contributed by atoms with Crippen LogP contribution in [0.15, 0.2) is 77.9 Å². The number of carbonyl (C=O) groups is 1. The van der Waals surface area contributed by atoms with E-state index in [4.69, 9.17) is 14.1 Å². The van der Waals surface area contributed by atoms with E-state index in [-0.39, 0.29) is 11.9 Å². The number of hydrogen-bond acceptors (Lipinski definition) is 4. The summed E-state index contributed by atoms with van der Waals surface area (Å²) in [4.78, 5) is 16.9. The number of carbonyl (C=O) groups excluding carboxylic acids is 1. The summed E-state index contributed by atoms with van der Waals surface area (Å²) in [6.07, 6.45) is 12.8. The van der Waals surface area contributed by atoms with Crippen molar-refractivity contribution in [1.82, 2.24) is 4.98 Å². The van der Waals surface area contributed by atoms with Gasteiger partial charge in [-0.05, 0) is 30.4 Å². The largest absolute Gasteiger partial charge is 0.456 e. The van der Waals surface area contributed by atoms with Crippen molar-refractivity contribution in [2.24, 2.45) is 5.92 Å². The second-order valence-electron chi connectivity index (χ2n) is 9.47. The first-order valence-corrected chi connectivity index (χ1v) is 11.9. The van der Waals surface area contributed by atoms with Crippen LogP contribution in [0.3, 0.4) is 0 Å². The van der Waals surface area contributed by atoms with Gasteiger partial charge in [0.25, 0.3) is 0 Å². The van der Waals surface area contributed by atoms with Crippen LogP contribution in [0, 0.1) is 5.92 Å². The SMILES string of the molecule is C=C/C=C(\C=C)C(=O)OCC[N+](C)(C)Cc1cnc(C(c2ccccc2)C2CCCCC2)o1. The van der Waals surface area contributed by atoms with E-state index in [9.17, 15) is 4.79 Å². The smallest absolute Gasteiger partial charge is 0.338 e. The van der Waals surface area contributed by atoms with Crippen LogP contribution in [0.2, 0.25) is 0 Å². The number of esters is 1. The molecule has 33 heavy (non-hydrogen) atoms. The third kappa shape index (κ3) is 7.03. The van der Waals surface area contributed by atoms with Gasteiger partial charge in [0.05, 0.1) is 31.8 Å². The predicted molar refractivity (Wildman–Crippen MR) is 131 cm³/mol. The van der Waals surface area contributed by atoms with Crippen molar-refractivity contribution in [3.05, 3.63) is 90.7 Å². The lowest BCUT2D eigenvalue weighted by Gasteiger charge is -2.29. The Hall–Kier alpha value is -2.92. The molecular formula is C28H37N2O3+. The van der Waals surface area contributed by atoms with E-state index in [1.807, 2.05) is 6.20 Å². The maximum Gasteiger partial charge on any atom is 0.338 e. The highest BCUT2D eigenvalue weighted by Crippen LogP contribution is 2.40. The van der Waals surface area contributed by atoms with Gasteiger partial charge >= 0.3 is 5.97 Å². The molecule has 0 bridgehead atoms. The summed E-state index contributed by atoms with van der Waals surface area (Å²) in [5.74, 6) is 2.06. The lowest BCUT2D eigenvalue weighted by Crippen LogP contribution is -2.41. The van der Waals surface area contributed by atoms with E-state index < -0.39 is 0 Å². The van der Waals surface area contributed by atoms with Gasteiger partial charge in [-0.15, -0.1) is 0 Å². The van der Waals surface area contributed by atoms with Crippen molar-refractivity contribution in [1.29, 1.82) is 0 Å². The van der Waals surface area contributed by atoms with Crippen molar-refractivity contribution in [2.45, 2.75) is 44.6 Å². The highest BCUT2D eigenvalue weighted by atomic mass is 16.5. The minimum absolute atomic E-state index is 0.200. The Kier molecular flexibility index (Phi) is 8.84. The highest BCUT2D eigenvalue weighted by molar-refractivity contribution is 5.91. The molecule has 1 aliphatic rings. The van der Waals surface area contributed by atoms with Crippen molar-refractivity contribution in [3.8, 4) is 0 Å². The average Bonchev–Trinajstić information content (AvgIpc) is 3.25. The summed E-state index contributed by atoms with van der Waals surface area (Å²) in [6.45, 7) is 8.90. The molecule has 5 heteroatoms. The van der Waals surface area contributed by atoms with Gasteiger partial charge in [0, 0.05) is 0 Å². The zero-order valence-electron chi connectivity index (χ0n) is 20.0. The number of benzene rings is 1. The lowest BCUT2D eigenvalue weighted by atomic mass is 9.77. The second kappa shape index (κ2) is 11.8. The molecule has 1 aliphatic carbocycles. The third-order valence-corrected chi connectivity index (χ3v) is 6.38. The normalized spacial score (nSPS) is 16.2.